The van der Waals surface area contributed by atoms with Crippen molar-refractivity contribution >= 4 is 80.9 Å². The first-order valence-corrected chi connectivity index (χ1v) is 17.9. The molecule has 0 fully saturated rings. The first kappa shape index (κ1) is 28.8. The van der Waals surface area contributed by atoms with Crippen molar-refractivity contribution < 1.29 is 0 Å². The van der Waals surface area contributed by atoms with Gasteiger partial charge >= 0.3 is 0 Å². The number of thiophene rings is 1. The van der Waals surface area contributed by atoms with E-state index in [4.69, 9.17) is 0 Å². The van der Waals surface area contributed by atoms with Gasteiger partial charge in [0.1, 0.15) is 0 Å². The first-order chi connectivity index (χ1) is 24.8. The molecule has 0 aliphatic heterocycles. The van der Waals surface area contributed by atoms with Crippen LogP contribution < -0.4 is 4.90 Å². The lowest BCUT2D eigenvalue weighted by molar-refractivity contribution is 1.30. The van der Waals surface area contributed by atoms with Crippen LogP contribution in [0.25, 0.3) is 74.7 Å². The van der Waals surface area contributed by atoms with Gasteiger partial charge in [-0.25, -0.2) is 0 Å². The van der Waals surface area contributed by atoms with Crippen molar-refractivity contribution in [1.82, 2.24) is 0 Å². The minimum atomic E-state index is 1.12. The van der Waals surface area contributed by atoms with Crippen LogP contribution in [0.4, 0.5) is 17.1 Å². The topological polar surface area (TPSA) is 3.24 Å². The Bertz CT molecular complexity index is 2870. The SMILES string of the molecule is c1ccc(-c2cccc(N(c3ccc(-c4cccc5c4sc4c6ccccc6ccc54)cc3)c3cc4ccccc4c4ccccc34)c2)cc1. The molecular weight excluding hydrogens is 623 g/mol. The fourth-order valence-corrected chi connectivity index (χ4v) is 9.02. The molecule has 9 aromatic carbocycles. The van der Waals surface area contributed by atoms with Crippen molar-refractivity contribution in [1.29, 1.82) is 0 Å². The van der Waals surface area contributed by atoms with Gasteiger partial charge in [-0.1, -0.05) is 158 Å². The Morgan fingerprint density at radius 1 is 0.320 bits per heavy atom. The van der Waals surface area contributed by atoms with E-state index in [1.807, 2.05) is 11.3 Å². The van der Waals surface area contributed by atoms with Crippen LogP contribution in [0, 0.1) is 0 Å². The fourth-order valence-electron chi connectivity index (χ4n) is 7.65. The lowest BCUT2D eigenvalue weighted by atomic mass is 9.98. The zero-order chi connectivity index (χ0) is 33.0. The molecule has 50 heavy (non-hydrogen) atoms. The highest BCUT2D eigenvalue weighted by molar-refractivity contribution is 7.27. The van der Waals surface area contributed by atoms with Gasteiger partial charge in [-0.15, -0.1) is 11.3 Å². The van der Waals surface area contributed by atoms with E-state index in [-0.39, 0.29) is 0 Å². The molecular formula is C48H31NS. The van der Waals surface area contributed by atoms with E-state index in [0.717, 1.165) is 17.1 Å². The molecule has 0 saturated carbocycles. The second-order valence-electron chi connectivity index (χ2n) is 12.9. The van der Waals surface area contributed by atoms with Crippen molar-refractivity contribution in [3.05, 3.63) is 188 Å². The van der Waals surface area contributed by atoms with Crippen LogP contribution in [-0.2, 0) is 0 Å². The zero-order valence-corrected chi connectivity index (χ0v) is 28.1. The molecule has 2 heteroatoms. The molecule has 10 aromatic rings. The van der Waals surface area contributed by atoms with Crippen molar-refractivity contribution in [2.45, 2.75) is 0 Å². The van der Waals surface area contributed by atoms with Crippen LogP contribution in [0.2, 0.25) is 0 Å². The van der Waals surface area contributed by atoms with Crippen molar-refractivity contribution in [3.8, 4) is 22.3 Å². The summed E-state index contributed by atoms with van der Waals surface area (Å²) in [5, 5.41) is 10.2. The van der Waals surface area contributed by atoms with Crippen LogP contribution in [0.5, 0.6) is 0 Å². The lowest BCUT2D eigenvalue weighted by Crippen LogP contribution is -2.10. The van der Waals surface area contributed by atoms with Crippen molar-refractivity contribution in [2.75, 3.05) is 4.90 Å². The smallest absolute Gasteiger partial charge is 0.0546 e. The predicted molar refractivity (Wildman–Crippen MR) is 217 cm³/mol. The van der Waals surface area contributed by atoms with Crippen LogP contribution >= 0.6 is 11.3 Å². The summed E-state index contributed by atoms with van der Waals surface area (Å²) in [6.45, 7) is 0. The highest BCUT2D eigenvalue weighted by Crippen LogP contribution is 2.45. The summed E-state index contributed by atoms with van der Waals surface area (Å²) >= 11 is 1.91. The fraction of sp³-hybridized carbons (Fsp3) is 0. The maximum atomic E-state index is 2.43. The average molecular weight is 654 g/mol. The summed E-state index contributed by atoms with van der Waals surface area (Å²) in [6, 6.07) is 68.6. The highest BCUT2D eigenvalue weighted by atomic mass is 32.1. The number of benzene rings is 9. The first-order valence-electron chi connectivity index (χ1n) is 17.1. The van der Waals surface area contributed by atoms with Gasteiger partial charge in [-0.05, 0) is 79.5 Å². The minimum absolute atomic E-state index is 1.12. The van der Waals surface area contributed by atoms with Gasteiger partial charge in [0.05, 0.1) is 5.69 Å². The van der Waals surface area contributed by atoms with E-state index in [0.29, 0.717) is 0 Å². The highest BCUT2D eigenvalue weighted by Gasteiger charge is 2.19. The molecule has 0 amide bonds. The molecule has 1 nitrogen and oxygen atoms in total. The molecule has 0 N–H and O–H groups in total. The summed E-state index contributed by atoms with van der Waals surface area (Å²) in [6.07, 6.45) is 0. The van der Waals surface area contributed by atoms with E-state index in [2.05, 4.69) is 193 Å². The molecule has 0 spiro atoms. The summed E-state index contributed by atoms with van der Waals surface area (Å²) in [5.74, 6) is 0. The van der Waals surface area contributed by atoms with Gasteiger partial charge in [-0.3, -0.25) is 0 Å². The Morgan fingerprint density at radius 2 is 0.960 bits per heavy atom. The summed E-state index contributed by atoms with van der Waals surface area (Å²) in [4.78, 5) is 2.43. The molecule has 0 saturated heterocycles. The maximum absolute atomic E-state index is 2.43. The summed E-state index contributed by atoms with van der Waals surface area (Å²) in [5.41, 5.74) is 8.29. The van der Waals surface area contributed by atoms with Gasteiger partial charge in [-0.2, -0.15) is 0 Å². The Labute approximate surface area is 294 Å². The normalized spacial score (nSPS) is 11.6. The second kappa shape index (κ2) is 11.7. The largest absolute Gasteiger partial charge is 0.310 e. The van der Waals surface area contributed by atoms with Gasteiger partial charge in [0, 0.05) is 36.9 Å². The lowest BCUT2D eigenvalue weighted by Gasteiger charge is -2.28. The number of nitrogens with zero attached hydrogens (tertiary/aromatic N) is 1. The van der Waals surface area contributed by atoms with E-state index in [1.54, 1.807) is 0 Å². The number of anilines is 3. The summed E-state index contributed by atoms with van der Waals surface area (Å²) < 4.78 is 2.69. The molecule has 0 aliphatic rings. The Kier molecular flexibility index (Phi) is 6.75. The standard InChI is InChI=1S/C48H31NS/c1-2-12-32(13-3-1)35-16-10-17-38(30-35)49(46-31-36-15-5-6-18-39(36)42-20-8-9-21-43(42)46)37-27-24-34(25-28-37)41-22-11-23-44-45-29-26-33-14-4-7-19-40(33)48(45)50-47(41)44/h1-31H. The van der Waals surface area contributed by atoms with Gasteiger partial charge < -0.3 is 4.90 Å². The van der Waals surface area contributed by atoms with Crippen molar-refractivity contribution in [3.63, 3.8) is 0 Å². The molecule has 1 aromatic heterocycles. The third kappa shape index (κ3) is 4.69. The molecule has 0 radical (unpaired) electrons. The zero-order valence-electron chi connectivity index (χ0n) is 27.3. The van der Waals surface area contributed by atoms with E-state index >= 15 is 0 Å². The monoisotopic (exact) mass is 653 g/mol. The quantitative estimate of drug-likeness (QED) is 0.167. The molecule has 0 atom stereocenters. The van der Waals surface area contributed by atoms with E-state index < -0.39 is 0 Å². The third-order valence-corrected chi connectivity index (χ3v) is 11.3. The number of hydrogen-bond acceptors (Lipinski definition) is 2. The Morgan fingerprint density at radius 3 is 1.80 bits per heavy atom. The number of fused-ring (bicyclic) bond motifs is 8. The van der Waals surface area contributed by atoms with Gasteiger partial charge in [0.15, 0.2) is 0 Å². The van der Waals surface area contributed by atoms with Gasteiger partial charge in [0.25, 0.3) is 0 Å². The molecule has 0 aliphatic carbocycles. The molecule has 10 rings (SSSR count). The van der Waals surface area contributed by atoms with Crippen LogP contribution in [0.15, 0.2) is 188 Å². The third-order valence-electron chi connectivity index (χ3n) is 10.0. The summed E-state index contributed by atoms with van der Waals surface area (Å²) in [7, 11) is 0. The van der Waals surface area contributed by atoms with Crippen LogP contribution in [-0.4, -0.2) is 0 Å². The maximum Gasteiger partial charge on any atom is 0.0546 e. The van der Waals surface area contributed by atoms with Crippen LogP contribution in [0.1, 0.15) is 0 Å². The molecule has 234 valence electrons. The van der Waals surface area contributed by atoms with E-state index in [9.17, 15) is 0 Å². The minimum Gasteiger partial charge on any atom is -0.310 e. The van der Waals surface area contributed by atoms with E-state index in [1.165, 1.54) is 74.7 Å². The number of hydrogen-bond donors (Lipinski definition) is 0. The van der Waals surface area contributed by atoms with Crippen molar-refractivity contribution in [2.24, 2.45) is 0 Å². The molecule has 0 unspecified atom stereocenters. The average Bonchev–Trinajstić information content (AvgIpc) is 3.59. The Balaban J connectivity index is 1.16. The number of rotatable bonds is 5. The predicted octanol–water partition coefficient (Wildman–Crippen LogP) is 14.3. The second-order valence-corrected chi connectivity index (χ2v) is 13.9. The Hall–Kier alpha value is -6.22. The molecule has 1 heterocycles. The van der Waals surface area contributed by atoms with Gasteiger partial charge in [0.2, 0.25) is 0 Å². The van der Waals surface area contributed by atoms with Crippen LogP contribution in [0.3, 0.4) is 0 Å². The molecule has 0 bridgehead atoms.